The Kier molecular flexibility index (Phi) is 3.47. The number of rotatable bonds is 3. The molecule has 0 radical (unpaired) electrons. The van der Waals surface area contributed by atoms with Crippen LogP contribution in [0.3, 0.4) is 0 Å². The van der Waals surface area contributed by atoms with Crippen LogP contribution in [0.1, 0.15) is 26.3 Å². The number of nitrogens with zero attached hydrogens (tertiary/aromatic N) is 1. The van der Waals surface area contributed by atoms with Crippen LogP contribution >= 0.6 is 0 Å². The third-order valence-electron chi connectivity index (χ3n) is 1.71. The number of hydrogen-bond donors (Lipinski definition) is 1. The number of ether oxygens (including phenoxy) is 1. The van der Waals surface area contributed by atoms with Crippen LogP contribution in [0.15, 0.2) is 18.3 Å². The molecule has 1 heterocycles. The molecule has 0 aliphatic heterocycles. The first-order chi connectivity index (χ1) is 6.53. The average molecular weight is 194 g/mol. The van der Waals surface area contributed by atoms with Gasteiger partial charge in [-0.2, -0.15) is 0 Å². The molecule has 1 aromatic rings. The summed E-state index contributed by atoms with van der Waals surface area (Å²) in [4.78, 5) is 4.15. The second kappa shape index (κ2) is 4.42. The predicted molar refractivity (Wildman–Crippen MR) is 57.1 cm³/mol. The highest BCUT2D eigenvalue weighted by atomic mass is 16.5. The normalized spacial score (nSPS) is 11.4. The predicted octanol–water partition coefficient (Wildman–Crippen LogP) is 1.97. The fourth-order valence-corrected chi connectivity index (χ4v) is 0.994. The number of aromatic nitrogens is 1. The zero-order valence-corrected chi connectivity index (χ0v) is 9.08. The third-order valence-corrected chi connectivity index (χ3v) is 1.71. The maximum absolute atomic E-state index is 5.60. The summed E-state index contributed by atoms with van der Waals surface area (Å²) in [6, 6.07) is 3.80. The SMILES string of the molecule is CC(C)(C)COc1ncccc1CN. The molecule has 0 aromatic carbocycles. The van der Waals surface area contributed by atoms with E-state index in [4.69, 9.17) is 10.5 Å². The summed E-state index contributed by atoms with van der Waals surface area (Å²) in [7, 11) is 0. The minimum atomic E-state index is 0.142. The molecule has 1 rings (SSSR count). The van der Waals surface area contributed by atoms with Gasteiger partial charge in [-0.05, 0) is 11.5 Å². The lowest BCUT2D eigenvalue weighted by Crippen LogP contribution is -2.18. The van der Waals surface area contributed by atoms with Crippen LogP contribution < -0.4 is 10.5 Å². The molecule has 3 heteroatoms. The molecule has 0 unspecified atom stereocenters. The van der Waals surface area contributed by atoms with Crippen molar-refractivity contribution in [2.24, 2.45) is 11.1 Å². The van der Waals surface area contributed by atoms with Gasteiger partial charge in [0.1, 0.15) is 0 Å². The Hall–Kier alpha value is -1.09. The van der Waals surface area contributed by atoms with E-state index in [9.17, 15) is 0 Å². The van der Waals surface area contributed by atoms with E-state index in [2.05, 4.69) is 25.8 Å². The molecule has 2 N–H and O–H groups in total. The van der Waals surface area contributed by atoms with Crippen LogP contribution in [0, 0.1) is 5.41 Å². The van der Waals surface area contributed by atoms with Gasteiger partial charge >= 0.3 is 0 Å². The second-order valence-electron chi connectivity index (χ2n) is 4.52. The van der Waals surface area contributed by atoms with E-state index in [0.29, 0.717) is 19.0 Å². The van der Waals surface area contributed by atoms with Crippen molar-refractivity contribution >= 4 is 0 Å². The highest BCUT2D eigenvalue weighted by Crippen LogP contribution is 2.18. The third kappa shape index (κ3) is 3.34. The summed E-state index contributed by atoms with van der Waals surface area (Å²) in [6.07, 6.45) is 1.72. The van der Waals surface area contributed by atoms with Gasteiger partial charge in [-0.15, -0.1) is 0 Å². The molecule has 14 heavy (non-hydrogen) atoms. The lowest BCUT2D eigenvalue weighted by atomic mass is 9.99. The molecule has 0 saturated heterocycles. The molecule has 1 aromatic heterocycles. The van der Waals surface area contributed by atoms with Crippen molar-refractivity contribution < 1.29 is 4.74 Å². The number of hydrogen-bond acceptors (Lipinski definition) is 3. The fraction of sp³-hybridized carbons (Fsp3) is 0.545. The highest BCUT2D eigenvalue weighted by molar-refractivity contribution is 5.24. The zero-order valence-electron chi connectivity index (χ0n) is 9.08. The number of nitrogens with two attached hydrogens (primary N) is 1. The van der Waals surface area contributed by atoms with Crippen LogP contribution in [0.2, 0.25) is 0 Å². The molecule has 0 saturated carbocycles. The second-order valence-corrected chi connectivity index (χ2v) is 4.52. The molecule has 0 amide bonds. The van der Waals surface area contributed by atoms with Crippen LogP contribution in [-0.2, 0) is 6.54 Å². The molecular weight excluding hydrogens is 176 g/mol. The van der Waals surface area contributed by atoms with Crippen molar-refractivity contribution in [2.75, 3.05) is 6.61 Å². The van der Waals surface area contributed by atoms with E-state index >= 15 is 0 Å². The monoisotopic (exact) mass is 194 g/mol. The van der Waals surface area contributed by atoms with Crippen LogP contribution in [0.5, 0.6) is 5.88 Å². The first kappa shape index (κ1) is 11.0. The zero-order chi connectivity index (χ0) is 10.6. The Bertz CT molecular complexity index is 292. The van der Waals surface area contributed by atoms with Crippen LogP contribution in [0.25, 0.3) is 0 Å². The van der Waals surface area contributed by atoms with Gasteiger partial charge in [0.2, 0.25) is 5.88 Å². The van der Waals surface area contributed by atoms with Gasteiger partial charge in [-0.25, -0.2) is 4.98 Å². The summed E-state index contributed by atoms with van der Waals surface area (Å²) < 4.78 is 5.60. The first-order valence-corrected chi connectivity index (χ1v) is 4.80. The quantitative estimate of drug-likeness (QED) is 0.800. The lowest BCUT2D eigenvalue weighted by molar-refractivity contribution is 0.190. The summed E-state index contributed by atoms with van der Waals surface area (Å²) in [5, 5.41) is 0. The maximum Gasteiger partial charge on any atom is 0.217 e. The van der Waals surface area contributed by atoms with Crippen molar-refractivity contribution in [3.8, 4) is 5.88 Å². The van der Waals surface area contributed by atoms with Crippen molar-refractivity contribution in [3.63, 3.8) is 0 Å². The van der Waals surface area contributed by atoms with Gasteiger partial charge < -0.3 is 10.5 Å². The van der Waals surface area contributed by atoms with Crippen molar-refractivity contribution in [2.45, 2.75) is 27.3 Å². The van der Waals surface area contributed by atoms with Gasteiger partial charge in [0, 0.05) is 18.3 Å². The van der Waals surface area contributed by atoms with Crippen LogP contribution in [0.4, 0.5) is 0 Å². The Morgan fingerprint density at radius 3 is 2.71 bits per heavy atom. The molecule has 3 nitrogen and oxygen atoms in total. The maximum atomic E-state index is 5.60. The van der Waals surface area contributed by atoms with E-state index in [1.807, 2.05) is 12.1 Å². The summed E-state index contributed by atoms with van der Waals surface area (Å²) in [6.45, 7) is 7.48. The van der Waals surface area contributed by atoms with E-state index in [-0.39, 0.29) is 5.41 Å². The van der Waals surface area contributed by atoms with Crippen molar-refractivity contribution in [1.82, 2.24) is 4.98 Å². The number of pyridine rings is 1. The summed E-state index contributed by atoms with van der Waals surface area (Å²) in [5.74, 6) is 0.657. The Labute approximate surface area is 85.3 Å². The molecular formula is C11H18N2O. The largest absolute Gasteiger partial charge is 0.477 e. The fourth-order valence-electron chi connectivity index (χ4n) is 0.994. The van der Waals surface area contributed by atoms with Gasteiger partial charge in [0.25, 0.3) is 0 Å². The van der Waals surface area contributed by atoms with Gasteiger partial charge in [-0.1, -0.05) is 26.8 Å². The molecule has 0 aliphatic carbocycles. The molecule has 0 aliphatic rings. The van der Waals surface area contributed by atoms with E-state index < -0.39 is 0 Å². The van der Waals surface area contributed by atoms with Crippen LogP contribution in [-0.4, -0.2) is 11.6 Å². The summed E-state index contributed by atoms with van der Waals surface area (Å²) in [5.41, 5.74) is 6.67. The van der Waals surface area contributed by atoms with Gasteiger partial charge in [0.05, 0.1) is 6.61 Å². The molecule has 78 valence electrons. The standard InChI is InChI=1S/C11H18N2O/c1-11(2,3)8-14-10-9(7-12)5-4-6-13-10/h4-6H,7-8,12H2,1-3H3. The van der Waals surface area contributed by atoms with Crippen molar-refractivity contribution in [1.29, 1.82) is 0 Å². The Morgan fingerprint density at radius 1 is 1.43 bits per heavy atom. The Balaban J connectivity index is 2.67. The highest BCUT2D eigenvalue weighted by Gasteiger charge is 2.12. The van der Waals surface area contributed by atoms with Gasteiger partial charge in [0.15, 0.2) is 0 Å². The van der Waals surface area contributed by atoms with E-state index in [1.54, 1.807) is 6.20 Å². The smallest absolute Gasteiger partial charge is 0.217 e. The van der Waals surface area contributed by atoms with E-state index in [1.165, 1.54) is 0 Å². The minimum absolute atomic E-state index is 0.142. The Morgan fingerprint density at radius 2 is 2.14 bits per heavy atom. The first-order valence-electron chi connectivity index (χ1n) is 4.80. The lowest BCUT2D eigenvalue weighted by Gasteiger charge is -2.19. The van der Waals surface area contributed by atoms with E-state index in [0.717, 1.165) is 5.56 Å². The van der Waals surface area contributed by atoms with Crippen molar-refractivity contribution in [3.05, 3.63) is 23.9 Å². The topological polar surface area (TPSA) is 48.1 Å². The molecule has 0 bridgehead atoms. The summed E-state index contributed by atoms with van der Waals surface area (Å²) >= 11 is 0. The minimum Gasteiger partial charge on any atom is -0.477 e. The average Bonchev–Trinajstić information content (AvgIpc) is 2.14. The molecule has 0 atom stereocenters. The van der Waals surface area contributed by atoms with Gasteiger partial charge in [-0.3, -0.25) is 0 Å². The molecule has 0 fully saturated rings. The molecule has 0 spiro atoms.